The van der Waals surface area contributed by atoms with Crippen LogP contribution in [0.15, 0.2) is 60.0 Å². The van der Waals surface area contributed by atoms with Gasteiger partial charge in [0.2, 0.25) is 18.6 Å². The number of carbonyl (C=O) groups excluding carboxylic acids is 3. The Morgan fingerprint density at radius 3 is 2.51 bits per heavy atom. The first-order valence-electron chi connectivity index (χ1n) is 13.2. The van der Waals surface area contributed by atoms with Crippen LogP contribution in [0.2, 0.25) is 0 Å². The van der Waals surface area contributed by atoms with E-state index in [9.17, 15) is 14.4 Å². The molecule has 1 unspecified atom stereocenters. The Morgan fingerprint density at radius 2 is 1.79 bits per heavy atom. The second kappa shape index (κ2) is 12.3. The number of thiophene rings is 1. The summed E-state index contributed by atoms with van der Waals surface area (Å²) in [6, 6.07) is 15.3. The van der Waals surface area contributed by atoms with Gasteiger partial charge >= 0.3 is 5.97 Å². The Bertz CT molecular complexity index is 1300. The summed E-state index contributed by atoms with van der Waals surface area (Å²) >= 11 is 1.51. The van der Waals surface area contributed by atoms with Crippen LogP contribution in [0.25, 0.3) is 0 Å². The average Bonchev–Trinajstić information content (AvgIpc) is 3.65. The molecular formula is C30H32N2O6S. The highest BCUT2D eigenvalue weighted by atomic mass is 32.1. The minimum atomic E-state index is -0.892. The molecule has 1 N–H and O–H groups in total. The SMILES string of the molecule is COC(=O)c1ccc(C(C(=O)NC2CCCCC2)N(Cc2ccc3c(c2)OCO3)C(=O)Cc2cccs2)cc1. The van der Waals surface area contributed by atoms with Crippen molar-refractivity contribution in [1.29, 1.82) is 0 Å². The zero-order valence-corrected chi connectivity index (χ0v) is 22.7. The fourth-order valence-corrected chi connectivity index (χ4v) is 5.84. The van der Waals surface area contributed by atoms with E-state index in [4.69, 9.17) is 14.2 Å². The standard InChI is InChI=1S/C30H32N2O6S/c1-36-30(35)22-12-10-21(11-13-22)28(29(34)31-23-6-3-2-4-7-23)32(27(33)17-24-8-5-15-39-24)18-20-9-14-25-26(16-20)38-19-37-25/h5,8-16,23,28H,2-4,6-7,17-19H2,1H3,(H,31,34). The van der Waals surface area contributed by atoms with Gasteiger partial charge in [-0.1, -0.05) is 43.5 Å². The van der Waals surface area contributed by atoms with E-state index >= 15 is 0 Å². The second-order valence-corrected chi connectivity index (χ2v) is 10.9. The number of esters is 1. The molecule has 1 atom stereocenters. The van der Waals surface area contributed by atoms with Crippen molar-refractivity contribution in [2.24, 2.45) is 0 Å². The number of rotatable bonds is 9. The van der Waals surface area contributed by atoms with Crippen LogP contribution >= 0.6 is 11.3 Å². The highest BCUT2D eigenvalue weighted by Crippen LogP contribution is 2.34. The number of nitrogens with one attached hydrogen (secondary N) is 1. The smallest absolute Gasteiger partial charge is 0.337 e. The van der Waals surface area contributed by atoms with Gasteiger partial charge in [0.25, 0.3) is 0 Å². The minimum Gasteiger partial charge on any atom is -0.465 e. The fraction of sp³-hybridized carbons (Fsp3) is 0.367. The summed E-state index contributed by atoms with van der Waals surface area (Å²) < 4.78 is 15.9. The van der Waals surface area contributed by atoms with Crippen LogP contribution in [0.3, 0.4) is 0 Å². The maximum atomic E-state index is 14.0. The van der Waals surface area contributed by atoms with Crippen LogP contribution in [-0.4, -0.2) is 42.6 Å². The van der Waals surface area contributed by atoms with Crippen LogP contribution in [0.4, 0.5) is 0 Å². The molecule has 0 bridgehead atoms. The third-order valence-corrected chi connectivity index (χ3v) is 8.05. The molecule has 8 nitrogen and oxygen atoms in total. The molecule has 1 fully saturated rings. The summed E-state index contributed by atoms with van der Waals surface area (Å²) in [4.78, 5) is 42.5. The number of carbonyl (C=O) groups is 3. The fourth-order valence-electron chi connectivity index (χ4n) is 5.14. The summed E-state index contributed by atoms with van der Waals surface area (Å²) in [6.07, 6.45) is 5.33. The van der Waals surface area contributed by atoms with E-state index in [0.29, 0.717) is 22.6 Å². The van der Waals surface area contributed by atoms with E-state index in [0.717, 1.165) is 36.1 Å². The number of ether oxygens (including phenoxy) is 3. The Kier molecular flexibility index (Phi) is 8.46. The number of hydrogen-bond donors (Lipinski definition) is 1. The molecule has 5 rings (SSSR count). The summed E-state index contributed by atoms with van der Waals surface area (Å²) in [7, 11) is 1.33. The molecule has 0 saturated heterocycles. The third-order valence-electron chi connectivity index (χ3n) is 7.17. The lowest BCUT2D eigenvalue weighted by molar-refractivity contribution is -0.141. The highest BCUT2D eigenvalue weighted by molar-refractivity contribution is 7.10. The number of methoxy groups -OCH3 is 1. The quantitative estimate of drug-likeness (QED) is 0.377. The van der Waals surface area contributed by atoms with Gasteiger partial charge in [-0.25, -0.2) is 4.79 Å². The molecular weight excluding hydrogens is 516 g/mol. The third kappa shape index (κ3) is 6.42. The molecule has 1 aliphatic carbocycles. The lowest BCUT2D eigenvalue weighted by Crippen LogP contribution is -2.47. The number of nitrogens with zero attached hydrogens (tertiary/aromatic N) is 1. The topological polar surface area (TPSA) is 94.2 Å². The molecule has 0 spiro atoms. The van der Waals surface area contributed by atoms with Crippen molar-refractivity contribution < 1.29 is 28.6 Å². The van der Waals surface area contributed by atoms with Crippen molar-refractivity contribution in [3.05, 3.63) is 81.5 Å². The molecule has 9 heteroatoms. The summed E-state index contributed by atoms with van der Waals surface area (Å²) in [5, 5.41) is 5.16. The van der Waals surface area contributed by atoms with Gasteiger partial charge < -0.3 is 24.4 Å². The lowest BCUT2D eigenvalue weighted by atomic mass is 9.94. The van der Waals surface area contributed by atoms with Crippen molar-refractivity contribution >= 4 is 29.1 Å². The van der Waals surface area contributed by atoms with Gasteiger partial charge in [0.05, 0.1) is 19.1 Å². The second-order valence-electron chi connectivity index (χ2n) is 9.83. The molecule has 0 radical (unpaired) electrons. The molecule has 1 aliphatic heterocycles. The predicted octanol–water partition coefficient (Wildman–Crippen LogP) is 5.02. The van der Waals surface area contributed by atoms with Gasteiger partial charge in [-0.2, -0.15) is 0 Å². The summed E-state index contributed by atoms with van der Waals surface area (Å²) in [5.74, 6) is 0.406. The number of hydrogen-bond acceptors (Lipinski definition) is 7. The maximum absolute atomic E-state index is 14.0. The first-order valence-corrected chi connectivity index (χ1v) is 14.1. The van der Waals surface area contributed by atoms with Crippen LogP contribution < -0.4 is 14.8 Å². The largest absolute Gasteiger partial charge is 0.465 e. The average molecular weight is 549 g/mol. The Hall–Kier alpha value is -3.85. The molecule has 1 saturated carbocycles. The van der Waals surface area contributed by atoms with Gasteiger partial charge in [0, 0.05) is 17.5 Å². The van der Waals surface area contributed by atoms with Crippen molar-refractivity contribution in [2.75, 3.05) is 13.9 Å². The molecule has 3 aromatic rings. The van der Waals surface area contributed by atoms with E-state index in [2.05, 4.69) is 5.32 Å². The maximum Gasteiger partial charge on any atom is 0.337 e. The summed E-state index contributed by atoms with van der Waals surface area (Å²) in [6.45, 7) is 0.348. The Labute approximate surface area is 231 Å². The van der Waals surface area contributed by atoms with Crippen molar-refractivity contribution in [3.8, 4) is 11.5 Å². The molecule has 39 heavy (non-hydrogen) atoms. The van der Waals surface area contributed by atoms with E-state index in [1.54, 1.807) is 29.2 Å². The number of amides is 2. The molecule has 2 aromatic carbocycles. The zero-order chi connectivity index (χ0) is 27.2. The van der Waals surface area contributed by atoms with E-state index < -0.39 is 12.0 Å². The lowest BCUT2D eigenvalue weighted by Gasteiger charge is -2.33. The van der Waals surface area contributed by atoms with Gasteiger partial charge in [-0.3, -0.25) is 9.59 Å². The Balaban J connectivity index is 1.50. The van der Waals surface area contributed by atoms with Gasteiger partial charge in [-0.15, -0.1) is 11.3 Å². The minimum absolute atomic E-state index is 0.0721. The van der Waals surface area contributed by atoms with Crippen LogP contribution in [0, 0.1) is 0 Å². The van der Waals surface area contributed by atoms with Crippen LogP contribution in [-0.2, 0) is 27.3 Å². The molecule has 2 heterocycles. The highest BCUT2D eigenvalue weighted by Gasteiger charge is 2.33. The van der Waals surface area contributed by atoms with Gasteiger partial charge in [0.1, 0.15) is 6.04 Å². The van der Waals surface area contributed by atoms with Crippen LogP contribution in [0.5, 0.6) is 11.5 Å². The first kappa shape index (κ1) is 26.7. The normalized spacial score (nSPS) is 15.4. The zero-order valence-electron chi connectivity index (χ0n) is 21.9. The van der Waals surface area contributed by atoms with E-state index in [1.165, 1.54) is 24.9 Å². The van der Waals surface area contributed by atoms with Crippen molar-refractivity contribution in [2.45, 2.75) is 57.2 Å². The number of fused-ring (bicyclic) bond motifs is 1. The molecule has 1 aromatic heterocycles. The van der Waals surface area contributed by atoms with Gasteiger partial charge in [0.15, 0.2) is 11.5 Å². The van der Waals surface area contributed by atoms with Crippen molar-refractivity contribution in [3.63, 3.8) is 0 Å². The van der Waals surface area contributed by atoms with Crippen LogP contribution in [0.1, 0.15) is 64.5 Å². The monoisotopic (exact) mass is 548 g/mol. The Morgan fingerprint density at radius 1 is 1.03 bits per heavy atom. The summed E-state index contributed by atoms with van der Waals surface area (Å²) in [5.41, 5.74) is 1.82. The van der Waals surface area contributed by atoms with Gasteiger partial charge in [-0.05, 0) is 59.7 Å². The molecule has 2 amide bonds. The first-order chi connectivity index (χ1) is 19.0. The van der Waals surface area contributed by atoms with Crippen molar-refractivity contribution in [1.82, 2.24) is 10.2 Å². The predicted molar refractivity (Wildman–Crippen MR) is 147 cm³/mol. The van der Waals surface area contributed by atoms with E-state index in [-0.39, 0.29) is 37.6 Å². The molecule has 2 aliphatic rings. The molecule has 204 valence electrons. The number of benzene rings is 2. The van der Waals surface area contributed by atoms with E-state index in [1.807, 2.05) is 35.7 Å².